The van der Waals surface area contributed by atoms with E-state index < -0.39 is 19.9 Å². The van der Waals surface area contributed by atoms with E-state index in [9.17, 15) is 4.79 Å². The third-order valence-electron chi connectivity index (χ3n) is 5.19. The number of hydrogen-bond acceptors (Lipinski definition) is 5. The van der Waals surface area contributed by atoms with Crippen molar-refractivity contribution < 1.29 is 22.8 Å². The first-order valence-electron chi connectivity index (χ1n) is 9.26. The van der Waals surface area contributed by atoms with Gasteiger partial charge in [0.05, 0.1) is 5.41 Å². The topological polar surface area (TPSA) is 54.0 Å². The van der Waals surface area contributed by atoms with E-state index in [1.807, 2.05) is 34.6 Å². The summed E-state index contributed by atoms with van der Waals surface area (Å²) in [5.41, 5.74) is -0.887. The van der Waals surface area contributed by atoms with Crippen molar-refractivity contribution >= 4 is 14.8 Å². The van der Waals surface area contributed by atoms with Crippen molar-refractivity contribution in [2.75, 3.05) is 19.8 Å². The van der Waals surface area contributed by atoms with Crippen molar-refractivity contribution in [2.24, 2.45) is 17.3 Å². The van der Waals surface area contributed by atoms with Gasteiger partial charge in [-0.05, 0) is 58.8 Å². The number of carbonyl (C=O) groups excluding carboxylic acids is 1. The third kappa shape index (κ3) is 3.61. The average molecular weight is 357 g/mol. The molecule has 4 atom stereocenters. The Morgan fingerprint density at radius 2 is 1.71 bits per heavy atom. The Morgan fingerprint density at radius 3 is 2.08 bits per heavy atom. The molecule has 1 fully saturated rings. The summed E-state index contributed by atoms with van der Waals surface area (Å²) in [4.78, 5) is 13.0. The van der Waals surface area contributed by atoms with Gasteiger partial charge in [-0.3, -0.25) is 4.79 Å². The first-order chi connectivity index (χ1) is 11.5. The number of allylic oxidation sites excluding steroid dienone is 2. The molecule has 0 aromatic carbocycles. The monoisotopic (exact) mass is 356 g/mol. The minimum Gasteiger partial charge on any atom is -0.457 e. The van der Waals surface area contributed by atoms with Crippen LogP contribution in [0.5, 0.6) is 0 Å². The number of carbonyl (C=O) groups is 1. The Kier molecular flexibility index (Phi) is 6.64. The molecule has 1 saturated carbocycles. The first-order valence-corrected chi connectivity index (χ1v) is 11.1. The molecule has 0 aromatic rings. The Bertz CT molecular complexity index is 449. The third-order valence-corrected chi connectivity index (χ3v) is 8.58. The van der Waals surface area contributed by atoms with Crippen LogP contribution in [-0.4, -0.2) is 40.3 Å². The number of rotatable bonds is 10. The summed E-state index contributed by atoms with van der Waals surface area (Å²) in [5.74, 6) is 0.664. The molecule has 2 aliphatic rings. The van der Waals surface area contributed by atoms with Gasteiger partial charge in [-0.25, -0.2) is 0 Å². The van der Waals surface area contributed by atoms with Gasteiger partial charge in [-0.15, -0.1) is 0 Å². The second-order valence-corrected chi connectivity index (χ2v) is 9.53. The van der Waals surface area contributed by atoms with Crippen molar-refractivity contribution in [3.05, 3.63) is 12.2 Å². The summed E-state index contributed by atoms with van der Waals surface area (Å²) >= 11 is 0. The van der Waals surface area contributed by atoms with E-state index >= 15 is 0 Å². The molecule has 0 heterocycles. The zero-order valence-electron chi connectivity index (χ0n) is 15.7. The maximum atomic E-state index is 13.0. The summed E-state index contributed by atoms with van der Waals surface area (Å²) in [6, 6.07) is 0. The number of ether oxygens (including phenoxy) is 1. The largest absolute Gasteiger partial charge is 0.544 e. The Balaban J connectivity index is 2.16. The minimum atomic E-state index is -3.05. The highest BCUT2D eigenvalue weighted by Gasteiger charge is 2.56. The fourth-order valence-corrected chi connectivity index (χ4v) is 6.77. The first kappa shape index (κ1) is 19.6. The van der Waals surface area contributed by atoms with Crippen LogP contribution in [0.15, 0.2) is 12.2 Å². The van der Waals surface area contributed by atoms with Gasteiger partial charge >= 0.3 is 14.8 Å². The van der Waals surface area contributed by atoms with Crippen LogP contribution in [0.2, 0.25) is 0 Å². The fraction of sp³-hybridized carbons (Fsp3) is 0.833. The average Bonchev–Trinajstić information content (AvgIpc) is 3.13. The molecule has 24 heavy (non-hydrogen) atoms. The van der Waals surface area contributed by atoms with Crippen molar-refractivity contribution in [1.82, 2.24) is 0 Å². The molecule has 0 radical (unpaired) electrons. The van der Waals surface area contributed by atoms with Crippen LogP contribution in [0.25, 0.3) is 0 Å². The Labute approximate surface area is 147 Å². The number of esters is 1. The summed E-state index contributed by atoms with van der Waals surface area (Å²) in [6.07, 6.45) is 6.96. The lowest BCUT2D eigenvalue weighted by molar-refractivity contribution is -0.162. The molecular formula is C18H32O5Si. The summed E-state index contributed by atoms with van der Waals surface area (Å²) in [7, 11) is -3.05. The standard InChI is InChI=1S/C18H32O5Si/c1-6-16(24(20-7-2,21-8-3)22-9-4)23-17(19)18(5)13-14-10-11-15(18)12-14/h10-11,14-16H,6-9,12-13H2,1-5H3. The van der Waals surface area contributed by atoms with Crippen molar-refractivity contribution in [1.29, 1.82) is 0 Å². The maximum absolute atomic E-state index is 13.0. The number of fused-ring (bicyclic) bond motifs is 2. The van der Waals surface area contributed by atoms with Gasteiger partial charge < -0.3 is 18.0 Å². The Hall–Kier alpha value is -0.693. The predicted molar refractivity (Wildman–Crippen MR) is 94.3 cm³/mol. The molecule has 5 nitrogen and oxygen atoms in total. The van der Waals surface area contributed by atoms with E-state index in [-0.39, 0.29) is 11.9 Å². The predicted octanol–water partition coefficient (Wildman–Crippen LogP) is 3.50. The lowest BCUT2D eigenvalue weighted by atomic mass is 9.78. The van der Waals surface area contributed by atoms with E-state index in [0.717, 1.165) is 12.8 Å². The SMILES string of the molecule is CCO[Si](OCC)(OCC)C(CC)OC(=O)C1(C)CC2C=CC1C2. The molecule has 0 saturated heterocycles. The lowest BCUT2D eigenvalue weighted by Crippen LogP contribution is -2.58. The molecule has 0 aromatic heterocycles. The van der Waals surface area contributed by atoms with Crippen LogP contribution in [0, 0.1) is 17.3 Å². The van der Waals surface area contributed by atoms with Crippen LogP contribution in [0.1, 0.15) is 53.9 Å². The van der Waals surface area contributed by atoms with E-state index in [4.69, 9.17) is 18.0 Å². The smallest absolute Gasteiger partial charge is 0.457 e. The molecule has 2 aliphatic carbocycles. The molecule has 0 N–H and O–H groups in total. The molecule has 138 valence electrons. The zero-order valence-corrected chi connectivity index (χ0v) is 16.7. The van der Waals surface area contributed by atoms with E-state index in [1.54, 1.807) is 0 Å². The number of hydrogen-bond donors (Lipinski definition) is 0. The second kappa shape index (κ2) is 8.12. The van der Waals surface area contributed by atoms with Crippen molar-refractivity contribution in [3.63, 3.8) is 0 Å². The van der Waals surface area contributed by atoms with Gasteiger partial charge in [0.25, 0.3) is 0 Å². The van der Waals surface area contributed by atoms with Gasteiger partial charge in [-0.1, -0.05) is 19.1 Å². The lowest BCUT2D eigenvalue weighted by Gasteiger charge is -2.37. The summed E-state index contributed by atoms with van der Waals surface area (Å²) in [5, 5.41) is 0. The molecule has 0 amide bonds. The van der Waals surface area contributed by atoms with Gasteiger partial charge in [0.15, 0.2) is 5.73 Å². The molecule has 0 spiro atoms. The Morgan fingerprint density at radius 1 is 1.12 bits per heavy atom. The maximum Gasteiger partial charge on any atom is 0.544 e. The van der Waals surface area contributed by atoms with Gasteiger partial charge in [0.1, 0.15) is 0 Å². The highest BCUT2D eigenvalue weighted by molar-refractivity contribution is 6.62. The highest BCUT2D eigenvalue weighted by atomic mass is 28.4. The van der Waals surface area contributed by atoms with Crippen LogP contribution >= 0.6 is 0 Å². The summed E-state index contributed by atoms with van der Waals surface area (Å²) < 4.78 is 23.8. The molecule has 0 aliphatic heterocycles. The normalized spacial score (nSPS) is 29.9. The van der Waals surface area contributed by atoms with Crippen LogP contribution in [0.4, 0.5) is 0 Å². The van der Waals surface area contributed by atoms with Crippen molar-refractivity contribution in [3.8, 4) is 0 Å². The molecule has 4 unspecified atom stereocenters. The fourth-order valence-electron chi connectivity index (χ4n) is 4.01. The van der Waals surface area contributed by atoms with Crippen LogP contribution < -0.4 is 0 Å². The second-order valence-electron chi connectivity index (χ2n) is 6.81. The van der Waals surface area contributed by atoms with Gasteiger partial charge in [-0.2, -0.15) is 0 Å². The van der Waals surface area contributed by atoms with E-state index in [2.05, 4.69) is 12.2 Å². The van der Waals surface area contributed by atoms with Gasteiger partial charge in [0, 0.05) is 19.8 Å². The molecule has 2 bridgehead atoms. The quantitative estimate of drug-likeness (QED) is 0.341. The molecule has 6 heteroatoms. The van der Waals surface area contributed by atoms with E-state index in [0.29, 0.717) is 32.2 Å². The molecule has 2 rings (SSSR count). The van der Waals surface area contributed by atoms with Crippen LogP contribution in [-0.2, 0) is 22.8 Å². The van der Waals surface area contributed by atoms with E-state index in [1.165, 1.54) is 0 Å². The summed E-state index contributed by atoms with van der Waals surface area (Å²) in [6.45, 7) is 11.2. The van der Waals surface area contributed by atoms with Crippen LogP contribution in [0.3, 0.4) is 0 Å². The van der Waals surface area contributed by atoms with Gasteiger partial charge in [0.2, 0.25) is 0 Å². The molecular weight excluding hydrogens is 324 g/mol. The highest BCUT2D eigenvalue weighted by Crippen LogP contribution is 2.52. The minimum absolute atomic E-state index is 0.137. The zero-order chi connectivity index (χ0) is 17.8. The van der Waals surface area contributed by atoms with Crippen molar-refractivity contribution in [2.45, 2.75) is 59.6 Å².